The Hall–Kier alpha value is -3.61. The van der Waals surface area contributed by atoms with Gasteiger partial charge in [-0.1, -0.05) is 19.1 Å². The minimum Gasteiger partial charge on any atom is -0.497 e. The molecular formula is C22H23NO6. The van der Waals surface area contributed by atoms with Gasteiger partial charge in [-0.25, -0.2) is 9.59 Å². The Labute approximate surface area is 169 Å². The number of ether oxygens (including phenoxy) is 3. The van der Waals surface area contributed by atoms with E-state index in [-0.39, 0.29) is 0 Å². The van der Waals surface area contributed by atoms with Crippen LogP contribution in [0.15, 0.2) is 54.6 Å². The summed E-state index contributed by atoms with van der Waals surface area (Å²) in [5.74, 6) is -0.822. The fourth-order valence-electron chi connectivity index (χ4n) is 2.23. The van der Waals surface area contributed by atoms with Crippen molar-refractivity contribution < 1.29 is 28.6 Å². The van der Waals surface area contributed by atoms with Crippen LogP contribution in [0.2, 0.25) is 0 Å². The van der Waals surface area contributed by atoms with Crippen LogP contribution < -0.4 is 10.1 Å². The second-order valence-corrected chi connectivity index (χ2v) is 5.98. The normalized spacial score (nSPS) is 10.4. The molecule has 152 valence electrons. The zero-order chi connectivity index (χ0) is 21.1. The molecule has 0 aliphatic heterocycles. The number of carbonyl (C=O) groups excluding carboxylic acids is 3. The van der Waals surface area contributed by atoms with Gasteiger partial charge in [0.25, 0.3) is 5.91 Å². The van der Waals surface area contributed by atoms with Gasteiger partial charge in [0.1, 0.15) is 5.75 Å². The summed E-state index contributed by atoms with van der Waals surface area (Å²) in [4.78, 5) is 35.4. The first-order valence-corrected chi connectivity index (χ1v) is 9.07. The van der Waals surface area contributed by atoms with Crippen LogP contribution in [0.5, 0.6) is 5.75 Å². The number of esters is 2. The van der Waals surface area contributed by atoms with Crippen LogP contribution in [0.3, 0.4) is 0 Å². The number of hydrogen-bond acceptors (Lipinski definition) is 6. The van der Waals surface area contributed by atoms with Gasteiger partial charge in [-0.3, -0.25) is 4.79 Å². The summed E-state index contributed by atoms with van der Waals surface area (Å²) >= 11 is 0. The summed E-state index contributed by atoms with van der Waals surface area (Å²) in [5, 5.41) is 2.59. The van der Waals surface area contributed by atoms with E-state index in [2.05, 4.69) is 5.32 Å². The average molecular weight is 397 g/mol. The maximum atomic E-state index is 11.9. The molecule has 0 spiro atoms. The molecule has 7 nitrogen and oxygen atoms in total. The van der Waals surface area contributed by atoms with E-state index in [1.165, 1.54) is 6.08 Å². The van der Waals surface area contributed by atoms with Crippen molar-refractivity contribution in [1.29, 1.82) is 0 Å². The smallest absolute Gasteiger partial charge is 0.338 e. The van der Waals surface area contributed by atoms with Crippen molar-refractivity contribution in [1.82, 2.24) is 0 Å². The first-order valence-electron chi connectivity index (χ1n) is 9.07. The molecule has 0 radical (unpaired) electrons. The Kier molecular flexibility index (Phi) is 8.44. The van der Waals surface area contributed by atoms with E-state index in [1.54, 1.807) is 61.7 Å². The van der Waals surface area contributed by atoms with Gasteiger partial charge in [0.2, 0.25) is 0 Å². The third kappa shape index (κ3) is 7.50. The van der Waals surface area contributed by atoms with E-state index in [4.69, 9.17) is 14.2 Å². The van der Waals surface area contributed by atoms with Crippen molar-refractivity contribution in [2.75, 3.05) is 25.6 Å². The van der Waals surface area contributed by atoms with Gasteiger partial charge in [-0.15, -0.1) is 0 Å². The number of hydrogen-bond donors (Lipinski definition) is 1. The lowest BCUT2D eigenvalue weighted by Gasteiger charge is -2.07. The molecule has 2 rings (SSSR count). The first kappa shape index (κ1) is 21.7. The number of nitrogens with one attached hydrogen (secondary N) is 1. The lowest BCUT2D eigenvalue weighted by atomic mass is 10.2. The number of benzene rings is 2. The molecule has 0 aliphatic rings. The van der Waals surface area contributed by atoms with Gasteiger partial charge >= 0.3 is 11.9 Å². The fourth-order valence-corrected chi connectivity index (χ4v) is 2.23. The standard InChI is InChI=1S/C22H23NO6/c1-3-14-28-22(26)17-7-9-18(10-8-17)23-20(24)15-29-21(25)13-6-16-4-11-19(27-2)12-5-16/h4-13H,3,14-15H2,1-2H3,(H,23,24)/b13-6+. The van der Waals surface area contributed by atoms with E-state index < -0.39 is 24.5 Å². The van der Waals surface area contributed by atoms with Crippen LogP contribution in [0.4, 0.5) is 5.69 Å². The molecule has 1 N–H and O–H groups in total. The Morgan fingerprint density at radius 1 is 0.966 bits per heavy atom. The molecule has 0 atom stereocenters. The zero-order valence-corrected chi connectivity index (χ0v) is 16.3. The average Bonchev–Trinajstić information content (AvgIpc) is 2.75. The van der Waals surface area contributed by atoms with Crippen molar-refractivity contribution in [3.05, 3.63) is 65.7 Å². The molecule has 0 unspecified atom stereocenters. The highest BCUT2D eigenvalue weighted by Crippen LogP contribution is 2.13. The van der Waals surface area contributed by atoms with Crippen molar-refractivity contribution in [3.63, 3.8) is 0 Å². The van der Waals surface area contributed by atoms with E-state index in [0.29, 0.717) is 23.6 Å². The second kappa shape index (κ2) is 11.3. The molecule has 1 amide bonds. The minimum absolute atomic E-state index is 0.357. The number of carbonyl (C=O) groups is 3. The Bertz CT molecular complexity index is 856. The molecule has 0 heterocycles. The summed E-state index contributed by atoms with van der Waals surface area (Å²) < 4.78 is 15.0. The van der Waals surface area contributed by atoms with Crippen molar-refractivity contribution >= 4 is 29.6 Å². The van der Waals surface area contributed by atoms with Gasteiger partial charge < -0.3 is 19.5 Å². The second-order valence-electron chi connectivity index (χ2n) is 5.98. The molecule has 0 fully saturated rings. The lowest BCUT2D eigenvalue weighted by Crippen LogP contribution is -2.20. The minimum atomic E-state index is -0.634. The number of methoxy groups -OCH3 is 1. The van der Waals surface area contributed by atoms with Crippen molar-refractivity contribution in [2.45, 2.75) is 13.3 Å². The van der Waals surface area contributed by atoms with E-state index >= 15 is 0 Å². The van der Waals surface area contributed by atoms with Crippen LogP contribution in [0, 0.1) is 0 Å². The predicted octanol–water partition coefficient (Wildman–Crippen LogP) is 3.46. The van der Waals surface area contributed by atoms with Crippen LogP contribution in [-0.4, -0.2) is 38.2 Å². The Morgan fingerprint density at radius 3 is 2.28 bits per heavy atom. The molecule has 0 saturated heterocycles. The first-order chi connectivity index (χ1) is 14.0. The fraction of sp³-hybridized carbons (Fsp3) is 0.227. The number of rotatable bonds is 9. The lowest BCUT2D eigenvalue weighted by molar-refractivity contribution is -0.142. The summed E-state index contributed by atoms with van der Waals surface area (Å²) in [5.41, 5.74) is 1.67. The Balaban J connectivity index is 1.77. The largest absolute Gasteiger partial charge is 0.497 e. The maximum Gasteiger partial charge on any atom is 0.338 e. The van der Waals surface area contributed by atoms with Crippen molar-refractivity contribution in [3.8, 4) is 5.75 Å². The van der Waals surface area contributed by atoms with Crippen LogP contribution in [0.1, 0.15) is 29.3 Å². The molecule has 0 saturated carbocycles. The Morgan fingerprint density at radius 2 is 1.66 bits per heavy atom. The zero-order valence-electron chi connectivity index (χ0n) is 16.3. The highest BCUT2D eigenvalue weighted by atomic mass is 16.5. The quantitative estimate of drug-likeness (QED) is 0.515. The van der Waals surface area contributed by atoms with Crippen LogP contribution in [0.25, 0.3) is 6.08 Å². The molecule has 0 bridgehead atoms. The summed E-state index contributed by atoms with van der Waals surface area (Å²) in [7, 11) is 1.57. The molecular weight excluding hydrogens is 374 g/mol. The van der Waals surface area contributed by atoms with Crippen molar-refractivity contribution in [2.24, 2.45) is 0 Å². The predicted molar refractivity (Wildman–Crippen MR) is 109 cm³/mol. The number of anilines is 1. The molecule has 2 aromatic rings. The molecule has 0 aromatic heterocycles. The number of amides is 1. The van der Waals surface area contributed by atoms with E-state index in [9.17, 15) is 14.4 Å². The maximum absolute atomic E-state index is 11.9. The summed E-state index contributed by atoms with van der Waals surface area (Å²) in [6.45, 7) is 1.84. The summed E-state index contributed by atoms with van der Waals surface area (Å²) in [6.07, 6.45) is 3.57. The molecule has 2 aromatic carbocycles. The van der Waals surface area contributed by atoms with E-state index in [0.717, 1.165) is 12.0 Å². The topological polar surface area (TPSA) is 90.9 Å². The van der Waals surface area contributed by atoms with Gasteiger partial charge in [-0.05, 0) is 54.5 Å². The van der Waals surface area contributed by atoms with E-state index in [1.807, 2.05) is 6.92 Å². The molecule has 7 heteroatoms. The van der Waals surface area contributed by atoms with Gasteiger partial charge in [0, 0.05) is 11.8 Å². The SMILES string of the molecule is CCCOC(=O)c1ccc(NC(=O)COC(=O)/C=C/c2ccc(OC)cc2)cc1. The third-order valence-corrected chi connectivity index (χ3v) is 3.71. The van der Waals surface area contributed by atoms with Crippen LogP contribution in [-0.2, 0) is 19.1 Å². The van der Waals surface area contributed by atoms with Gasteiger partial charge in [-0.2, -0.15) is 0 Å². The highest BCUT2D eigenvalue weighted by molar-refractivity contribution is 5.95. The molecule has 0 aliphatic carbocycles. The summed E-state index contributed by atoms with van der Waals surface area (Å²) in [6, 6.07) is 13.4. The third-order valence-electron chi connectivity index (χ3n) is 3.71. The van der Waals surface area contributed by atoms with Gasteiger partial charge in [0.05, 0.1) is 19.3 Å². The monoisotopic (exact) mass is 397 g/mol. The van der Waals surface area contributed by atoms with Crippen LogP contribution >= 0.6 is 0 Å². The highest BCUT2D eigenvalue weighted by Gasteiger charge is 2.09. The van der Waals surface area contributed by atoms with Gasteiger partial charge in [0.15, 0.2) is 6.61 Å². The molecule has 29 heavy (non-hydrogen) atoms.